The Morgan fingerprint density at radius 2 is 2.16 bits per heavy atom. The van der Waals surface area contributed by atoms with Gasteiger partial charge in [-0.25, -0.2) is 0 Å². The number of pyridine rings is 1. The number of ether oxygens (including phenoxy) is 1. The molecule has 7 heteroatoms. The van der Waals surface area contributed by atoms with Gasteiger partial charge in [-0.2, -0.15) is 0 Å². The maximum absolute atomic E-state index is 12.4. The Labute approximate surface area is 152 Å². The molecular weight excluding hydrogens is 338 g/mol. The summed E-state index contributed by atoms with van der Waals surface area (Å²) in [6.45, 7) is 5.57. The molecule has 2 aromatic rings. The van der Waals surface area contributed by atoms with Gasteiger partial charge in [0.1, 0.15) is 5.75 Å². The fourth-order valence-corrected chi connectivity index (χ4v) is 2.70. The number of fused-ring (bicyclic) bond motifs is 1. The first-order valence-corrected chi connectivity index (χ1v) is 8.69. The average Bonchev–Trinajstić information content (AvgIpc) is 2.59. The highest BCUT2D eigenvalue weighted by molar-refractivity contribution is 7.80. The Balaban J connectivity index is 2.26. The van der Waals surface area contributed by atoms with Crippen molar-refractivity contribution in [3.63, 3.8) is 0 Å². The highest BCUT2D eigenvalue weighted by Crippen LogP contribution is 2.19. The Hall–Kier alpha value is -2.12. The van der Waals surface area contributed by atoms with Gasteiger partial charge in [0.25, 0.3) is 5.56 Å². The van der Waals surface area contributed by atoms with E-state index in [0.717, 1.165) is 23.2 Å². The van der Waals surface area contributed by atoms with Crippen LogP contribution in [0.3, 0.4) is 0 Å². The minimum absolute atomic E-state index is 0.0389. The molecule has 0 radical (unpaired) electrons. The van der Waals surface area contributed by atoms with Crippen molar-refractivity contribution in [2.75, 3.05) is 26.8 Å². The molecule has 0 saturated carbocycles. The van der Waals surface area contributed by atoms with Gasteiger partial charge in [0.15, 0.2) is 5.11 Å². The summed E-state index contributed by atoms with van der Waals surface area (Å²) in [5.74, 6) is 1.18. The molecule has 0 spiro atoms. The predicted octanol–water partition coefficient (Wildman–Crippen LogP) is 1.86. The molecule has 0 saturated heterocycles. The molecule has 1 heterocycles. The van der Waals surface area contributed by atoms with E-state index in [2.05, 4.69) is 24.1 Å². The van der Waals surface area contributed by atoms with E-state index in [4.69, 9.17) is 17.0 Å². The van der Waals surface area contributed by atoms with Gasteiger partial charge in [-0.1, -0.05) is 13.8 Å². The van der Waals surface area contributed by atoms with Gasteiger partial charge in [0.05, 0.1) is 20.3 Å². The van der Waals surface area contributed by atoms with E-state index in [9.17, 15) is 9.90 Å². The van der Waals surface area contributed by atoms with E-state index >= 15 is 0 Å². The number of nitrogens with one attached hydrogen (secondary N) is 2. The number of aromatic nitrogens is 1. The molecule has 136 valence electrons. The molecule has 1 aromatic heterocycles. The summed E-state index contributed by atoms with van der Waals surface area (Å²) in [7, 11) is 1.61. The van der Waals surface area contributed by atoms with Crippen molar-refractivity contribution in [1.82, 2.24) is 15.2 Å². The van der Waals surface area contributed by atoms with E-state index in [1.807, 2.05) is 18.2 Å². The van der Waals surface area contributed by atoms with Crippen LogP contribution in [0.4, 0.5) is 0 Å². The third kappa shape index (κ3) is 5.17. The van der Waals surface area contributed by atoms with Crippen molar-refractivity contribution >= 4 is 28.2 Å². The maximum atomic E-state index is 12.4. The lowest BCUT2D eigenvalue weighted by Crippen LogP contribution is -2.42. The standard InChI is InChI=1S/C18H25N3O3S/c1-12(2)10-19-18(25)21(6-7-22)11-14-8-13-9-15(24-3)4-5-16(13)20-17(14)23/h4-5,8-9,12,22H,6-7,10-11H2,1-3H3,(H,19,25)(H,20,23). The first-order chi connectivity index (χ1) is 11.9. The number of nitrogens with zero attached hydrogens (tertiary/aromatic N) is 1. The van der Waals surface area contributed by atoms with Crippen molar-refractivity contribution in [3.8, 4) is 5.75 Å². The number of aliphatic hydroxyl groups is 1. The topological polar surface area (TPSA) is 77.6 Å². The number of methoxy groups -OCH3 is 1. The molecule has 2 rings (SSSR count). The maximum Gasteiger partial charge on any atom is 0.253 e. The number of benzene rings is 1. The number of H-pyrrole nitrogens is 1. The molecule has 0 atom stereocenters. The lowest BCUT2D eigenvalue weighted by molar-refractivity contribution is 0.245. The molecular formula is C18H25N3O3S. The zero-order valence-corrected chi connectivity index (χ0v) is 15.7. The number of hydrogen-bond donors (Lipinski definition) is 3. The molecule has 0 aliphatic rings. The Morgan fingerprint density at radius 3 is 2.80 bits per heavy atom. The first-order valence-electron chi connectivity index (χ1n) is 8.28. The second kappa shape index (κ2) is 8.82. The van der Waals surface area contributed by atoms with Crippen LogP contribution in [0.2, 0.25) is 0 Å². The van der Waals surface area contributed by atoms with Crippen molar-refractivity contribution in [2.24, 2.45) is 5.92 Å². The second-order valence-corrected chi connectivity index (χ2v) is 6.69. The van der Waals surface area contributed by atoms with Crippen LogP contribution < -0.4 is 15.6 Å². The van der Waals surface area contributed by atoms with Crippen LogP contribution in [0.25, 0.3) is 10.9 Å². The summed E-state index contributed by atoms with van der Waals surface area (Å²) < 4.78 is 5.24. The highest BCUT2D eigenvalue weighted by atomic mass is 32.1. The van der Waals surface area contributed by atoms with Gasteiger partial charge in [-0.05, 0) is 42.4 Å². The van der Waals surface area contributed by atoms with Gasteiger partial charge >= 0.3 is 0 Å². The van der Waals surface area contributed by atoms with Crippen molar-refractivity contribution in [3.05, 3.63) is 40.2 Å². The van der Waals surface area contributed by atoms with Gasteiger partial charge in [0.2, 0.25) is 0 Å². The Kier molecular flexibility index (Phi) is 6.78. The molecule has 0 aliphatic carbocycles. The molecule has 0 aliphatic heterocycles. The smallest absolute Gasteiger partial charge is 0.253 e. The second-order valence-electron chi connectivity index (χ2n) is 6.30. The van der Waals surface area contributed by atoms with Gasteiger partial charge in [-0.15, -0.1) is 0 Å². The zero-order valence-electron chi connectivity index (χ0n) is 14.8. The molecule has 0 fully saturated rings. The first kappa shape index (κ1) is 19.2. The van der Waals surface area contributed by atoms with E-state index in [0.29, 0.717) is 29.7 Å². The number of hydrogen-bond acceptors (Lipinski definition) is 4. The number of thiocarbonyl (C=S) groups is 1. The summed E-state index contributed by atoms with van der Waals surface area (Å²) in [5.41, 5.74) is 1.18. The largest absolute Gasteiger partial charge is 0.497 e. The van der Waals surface area contributed by atoms with E-state index in [1.54, 1.807) is 18.1 Å². The number of aromatic amines is 1. The normalized spacial score (nSPS) is 10.9. The SMILES string of the molecule is COc1ccc2[nH]c(=O)c(CN(CCO)C(=S)NCC(C)C)cc2c1. The lowest BCUT2D eigenvalue weighted by Gasteiger charge is -2.25. The molecule has 25 heavy (non-hydrogen) atoms. The van der Waals surface area contributed by atoms with E-state index in [-0.39, 0.29) is 12.2 Å². The molecule has 3 N–H and O–H groups in total. The molecule has 0 amide bonds. The molecule has 0 bridgehead atoms. The van der Waals surface area contributed by atoms with E-state index < -0.39 is 0 Å². The number of aliphatic hydroxyl groups excluding tert-OH is 1. The molecule has 1 aromatic carbocycles. The quantitative estimate of drug-likeness (QED) is 0.652. The predicted molar refractivity (Wildman–Crippen MR) is 104 cm³/mol. The molecule has 6 nitrogen and oxygen atoms in total. The monoisotopic (exact) mass is 363 g/mol. The van der Waals surface area contributed by atoms with E-state index in [1.165, 1.54) is 0 Å². The minimum Gasteiger partial charge on any atom is -0.497 e. The number of rotatable bonds is 7. The van der Waals surface area contributed by atoms with Crippen LogP contribution in [0.15, 0.2) is 29.1 Å². The molecule has 0 unspecified atom stereocenters. The van der Waals surface area contributed by atoms with Crippen LogP contribution in [0.1, 0.15) is 19.4 Å². The lowest BCUT2D eigenvalue weighted by atomic mass is 10.1. The van der Waals surface area contributed by atoms with Gasteiger partial charge in [0, 0.05) is 29.6 Å². The minimum atomic E-state index is -0.160. The average molecular weight is 363 g/mol. The van der Waals surface area contributed by atoms with Crippen LogP contribution in [0, 0.1) is 5.92 Å². The summed E-state index contributed by atoms with van der Waals surface area (Å²) in [6, 6.07) is 7.34. The third-order valence-corrected chi connectivity index (χ3v) is 4.21. The zero-order chi connectivity index (χ0) is 18.4. The summed E-state index contributed by atoms with van der Waals surface area (Å²) in [4.78, 5) is 17.1. The van der Waals surface area contributed by atoms with Gasteiger partial charge in [-0.3, -0.25) is 4.79 Å². The Morgan fingerprint density at radius 1 is 1.40 bits per heavy atom. The van der Waals surface area contributed by atoms with Crippen LogP contribution in [0.5, 0.6) is 5.75 Å². The van der Waals surface area contributed by atoms with Crippen molar-refractivity contribution < 1.29 is 9.84 Å². The van der Waals surface area contributed by atoms with Crippen LogP contribution in [-0.4, -0.2) is 46.9 Å². The highest BCUT2D eigenvalue weighted by Gasteiger charge is 2.13. The third-order valence-electron chi connectivity index (χ3n) is 3.81. The summed E-state index contributed by atoms with van der Waals surface area (Å²) in [6.07, 6.45) is 0. The van der Waals surface area contributed by atoms with Crippen LogP contribution >= 0.6 is 12.2 Å². The fraction of sp³-hybridized carbons (Fsp3) is 0.444. The Bertz CT molecular complexity index is 789. The van der Waals surface area contributed by atoms with Crippen molar-refractivity contribution in [1.29, 1.82) is 0 Å². The van der Waals surface area contributed by atoms with Gasteiger partial charge < -0.3 is 25.0 Å². The van der Waals surface area contributed by atoms with Crippen molar-refractivity contribution in [2.45, 2.75) is 20.4 Å². The fourth-order valence-electron chi connectivity index (χ4n) is 2.46. The summed E-state index contributed by atoms with van der Waals surface area (Å²) >= 11 is 5.41. The van der Waals surface area contributed by atoms with Crippen LogP contribution in [-0.2, 0) is 6.54 Å². The summed E-state index contributed by atoms with van der Waals surface area (Å²) in [5, 5.41) is 13.9.